The summed E-state index contributed by atoms with van der Waals surface area (Å²) in [4.78, 5) is 15.8. The Morgan fingerprint density at radius 1 is 1.26 bits per heavy atom. The topological polar surface area (TPSA) is 52.3 Å². The van der Waals surface area contributed by atoms with E-state index in [0.29, 0.717) is 18.3 Å². The predicted molar refractivity (Wildman–Crippen MR) is 74.0 cm³/mol. The molecule has 4 heteroatoms. The number of aryl methyl sites for hydroxylation is 1. The number of oxazole rings is 1. The van der Waals surface area contributed by atoms with Gasteiger partial charge in [0.25, 0.3) is 0 Å². The van der Waals surface area contributed by atoms with Crippen molar-refractivity contribution in [2.45, 2.75) is 27.7 Å². The molecule has 2 aromatic rings. The number of aromatic nitrogens is 1. The zero-order chi connectivity index (χ0) is 14.3. The van der Waals surface area contributed by atoms with Crippen molar-refractivity contribution < 1.29 is 13.9 Å². The monoisotopic (exact) mass is 261 g/mol. The highest BCUT2D eigenvalue weighted by atomic mass is 16.5. The van der Waals surface area contributed by atoms with E-state index in [9.17, 15) is 4.79 Å². The summed E-state index contributed by atoms with van der Waals surface area (Å²) < 4.78 is 10.4. The van der Waals surface area contributed by atoms with E-state index in [4.69, 9.17) is 9.15 Å². The molecule has 0 aliphatic rings. The maximum absolute atomic E-state index is 11.7. The highest BCUT2D eigenvalue weighted by molar-refractivity contribution is 5.93. The number of rotatable bonds is 3. The molecule has 0 bridgehead atoms. The molecule has 0 saturated heterocycles. The van der Waals surface area contributed by atoms with Crippen LogP contribution in [0.2, 0.25) is 0 Å². The second kappa shape index (κ2) is 7.36. The van der Waals surface area contributed by atoms with Crippen molar-refractivity contribution >= 4 is 5.97 Å². The minimum Gasteiger partial charge on any atom is -0.461 e. The van der Waals surface area contributed by atoms with Gasteiger partial charge in [-0.25, -0.2) is 9.78 Å². The van der Waals surface area contributed by atoms with Crippen molar-refractivity contribution in [2.75, 3.05) is 6.61 Å². The molecule has 19 heavy (non-hydrogen) atoms. The first-order valence-corrected chi connectivity index (χ1v) is 6.42. The summed E-state index contributed by atoms with van der Waals surface area (Å²) in [5.74, 6) is 0.455. The lowest BCUT2D eigenvalue weighted by Gasteiger charge is -2.00. The molecule has 1 heterocycles. The van der Waals surface area contributed by atoms with Crippen molar-refractivity contribution in [3.05, 3.63) is 41.9 Å². The normalized spacial score (nSPS) is 9.47. The van der Waals surface area contributed by atoms with Gasteiger partial charge in [0.15, 0.2) is 17.3 Å². The summed E-state index contributed by atoms with van der Waals surface area (Å²) in [6.07, 6.45) is 0. The average molecular weight is 261 g/mol. The Balaban J connectivity index is 0.000000861. The zero-order valence-electron chi connectivity index (χ0n) is 11.8. The van der Waals surface area contributed by atoms with Crippen molar-refractivity contribution in [2.24, 2.45) is 0 Å². The molecule has 0 N–H and O–H groups in total. The largest absolute Gasteiger partial charge is 0.461 e. The molecule has 0 radical (unpaired) electrons. The Labute approximate surface area is 113 Å². The van der Waals surface area contributed by atoms with Crippen LogP contribution in [-0.2, 0) is 4.74 Å². The number of hydrogen-bond acceptors (Lipinski definition) is 4. The van der Waals surface area contributed by atoms with Crippen LogP contribution in [-0.4, -0.2) is 17.6 Å². The Kier molecular flexibility index (Phi) is 5.79. The first-order valence-electron chi connectivity index (χ1n) is 6.42. The molecule has 0 fully saturated rings. The van der Waals surface area contributed by atoms with Gasteiger partial charge in [0.1, 0.15) is 0 Å². The molecule has 1 aromatic carbocycles. The first-order chi connectivity index (χ1) is 9.22. The predicted octanol–water partition coefficient (Wildman–Crippen LogP) is 3.85. The molecule has 0 saturated carbocycles. The molecule has 4 nitrogen and oxygen atoms in total. The molecule has 0 amide bonds. The fraction of sp³-hybridized carbons (Fsp3) is 0.333. The molecular weight excluding hydrogens is 242 g/mol. The number of carbonyl (C=O) groups is 1. The van der Waals surface area contributed by atoms with Gasteiger partial charge in [0.05, 0.1) is 6.61 Å². The van der Waals surface area contributed by atoms with Gasteiger partial charge in [0, 0.05) is 12.5 Å². The number of carbonyl (C=O) groups excluding carboxylic acids is 1. The summed E-state index contributed by atoms with van der Waals surface area (Å²) in [5, 5.41) is 0. The van der Waals surface area contributed by atoms with Crippen LogP contribution in [0.5, 0.6) is 0 Å². The number of benzene rings is 1. The zero-order valence-corrected chi connectivity index (χ0v) is 11.8. The SMILES string of the molecule is CC.CCOC(=O)c1nc(C)oc1-c1ccccc1. The Bertz CT molecular complexity index is 517. The highest BCUT2D eigenvalue weighted by Crippen LogP contribution is 2.25. The lowest BCUT2D eigenvalue weighted by molar-refractivity contribution is 0.0520. The van der Waals surface area contributed by atoms with E-state index < -0.39 is 5.97 Å². The molecule has 0 aliphatic carbocycles. The molecule has 0 atom stereocenters. The molecule has 1 aromatic heterocycles. The fourth-order valence-corrected chi connectivity index (χ4v) is 1.55. The third kappa shape index (κ3) is 3.68. The summed E-state index contributed by atoms with van der Waals surface area (Å²) in [6, 6.07) is 9.38. The second-order valence-corrected chi connectivity index (χ2v) is 3.50. The quantitative estimate of drug-likeness (QED) is 0.787. The third-order valence-electron chi connectivity index (χ3n) is 2.24. The van der Waals surface area contributed by atoms with E-state index in [1.54, 1.807) is 13.8 Å². The molecule has 0 spiro atoms. The van der Waals surface area contributed by atoms with Gasteiger partial charge in [-0.3, -0.25) is 0 Å². The maximum Gasteiger partial charge on any atom is 0.360 e. The fourth-order valence-electron chi connectivity index (χ4n) is 1.55. The van der Waals surface area contributed by atoms with Crippen LogP contribution in [0.15, 0.2) is 34.7 Å². The van der Waals surface area contributed by atoms with Crippen molar-refractivity contribution in [3.63, 3.8) is 0 Å². The molecular formula is C15H19NO3. The maximum atomic E-state index is 11.7. The van der Waals surface area contributed by atoms with Gasteiger partial charge >= 0.3 is 5.97 Å². The van der Waals surface area contributed by atoms with Gasteiger partial charge in [-0.05, 0) is 6.92 Å². The van der Waals surface area contributed by atoms with Gasteiger partial charge in [-0.2, -0.15) is 0 Å². The van der Waals surface area contributed by atoms with Crippen LogP contribution in [0, 0.1) is 6.92 Å². The lowest BCUT2D eigenvalue weighted by Crippen LogP contribution is -2.06. The van der Waals surface area contributed by atoms with E-state index in [1.165, 1.54) is 0 Å². The lowest BCUT2D eigenvalue weighted by atomic mass is 10.1. The average Bonchev–Trinajstić information content (AvgIpc) is 2.84. The Morgan fingerprint density at radius 3 is 2.47 bits per heavy atom. The Hall–Kier alpha value is -2.10. The summed E-state index contributed by atoms with van der Waals surface area (Å²) in [5.41, 5.74) is 1.05. The van der Waals surface area contributed by atoms with E-state index in [-0.39, 0.29) is 5.69 Å². The summed E-state index contributed by atoms with van der Waals surface area (Å²) >= 11 is 0. The summed E-state index contributed by atoms with van der Waals surface area (Å²) in [6.45, 7) is 7.78. The van der Waals surface area contributed by atoms with Crippen LogP contribution in [0.4, 0.5) is 0 Å². The number of esters is 1. The standard InChI is InChI=1S/C13H13NO3.C2H6/c1-3-16-13(15)11-12(17-9(2)14-11)10-7-5-4-6-8-10;1-2/h4-8H,3H2,1-2H3;1-2H3. The van der Waals surface area contributed by atoms with E-state index >= 15 is 0 Å². The summed E-state index contributed by atoms with van der Waals surface area (Å²) in [7, 11) is 0. The van der Waals surface area contributed by atoms with Gasteiger partial charge in [0.2, 0.25) is 0 Å². The van der Waals surface area contributed by atoms with E-state index in [1.807, 2.05) is 44.2 Å². The van der Waals surface area contributed by atoms with Crippen LogP contribution in [0.25, 0.3) is 11.3 Å². The van der Waals surface area contributed by atoms with Crippen molar-refractivity contribution in [1.82, 2.24) is 4.98 Å². The van der Waals surface area contributed by atoms with Gasteiger partial charge < -0.3 is 9.15 Å². The van der Waals surface area contributed by atoms with Crippen molar-refractivity contribution in [3.8, 4) is 11.3 Å². The number of ether oxygens (including phenoxy) is 1. The van der Waals surface area contributed by atoms with Crippen LogP contribution < -0.4 is 0 Å². The molecule has 0 aliphatic heterocycles. The van der Waals surface area contributed by atoms with Crippen LogP contribution in [0.1, 0.15) is 37.2 Å². The van der Waals surface area contributed by atoms with E-state index in [2.05, 4.69) is 4.98 Å². The van der Waals surface area contributed by atoms with Crippen LogP contribution >= 0.6 is 0 Å². The first kappa shape index (κ1) is 15.0. The van der Waals surface area contributed by atoms with Crippen LogP contribution in [0.3, 0.4) is 0 Å². The van der Waals surface area contributed by atoms with Crippen molar-refractivity contribution in [1.29, 1.82) is 0 Å². The Morgan fingerprint density at radius 2 is 1.89 bits per heavy atom. The number of hydrogen-bond donors (Lipinski definition) is 0. The minimum atomic E-state index is -0.455. The second-order valence-electron chi connectivity index (χ2n) is 3.50. The highest BCUT2D eigenvalue weighted by Gasteiger charge is 2.20. The van der Waals surface area contributed by atoms with E-state index in [0.717, 1.165) is 5.56 Å². The molecule has 0 unspecified atom stereocenters. The molecule has 102 valence electrons. The number of nitrogens with zero attached hydrogens (tertiary/aromatic N) is 1. The smallest absolute Gasteiger partial charge is 0.360 e. The minimum absolute atomic E-state index is 0.232. The third-order valence-corrected chi connectivity index (χ3v) is 2.24. The van der Waals surface area contributed by atoms with Gasteiger partial charge in [-0.1, -0.05) is 44.2 Å². The van der Waals surface area contributed by atoms with Gasteiger partial charge in [-0.15, -0.1) is 0 Å². The molecule has 2 rings (SSSR count).